The molecule has 0 spiro atoms. The molecule has 0 unspecified atom stereocenters. The van der Waals surface area contributed by atoms with Crippen LogP contribution in [0.2, 0.25) is 0 Å². The molecule has 1 aromatic heterocycles. The van der Waals surface area contributed by atoms with Gasteiger partial charge in [-0.15, -0.1) is 0 Å². The maximum absolute atomic E-state index is 12.7. The molecule has 9 nitrogen and oxygen atoms in total. The Morgan fingerprint density at radius 2 is 1.76 bits per heavy atom. The molecule has 2 amide bonds. The lowest BCUT2D eigenvalue weighted by molar-refractivity contribution is -0.162. The van der Waals surface area contributed by atoms with Gasteiger partial charge >= 0.3 is 0 Å². The predicted octanol–water partition coefficient (Wildman–Crippen LogP) is 0.00250. The Kier molecular flexibility index (Phi) is 4.94. The second-order valence-electron chi connectivity index (χ2n) is 6.54. The van der Waals surface area contributed by atoms with E-state index in [4.69, 9.17) is 4.74 Å². The van der Waals surface area contributed by atoms with Crippen molar-refractivity contribution in [3.8, 4) is 0 Å². The Morgan fingerprint density at radius 1 is 1.16 bits per heavy atom. The Balaban J connectivity index is 1.68. The topological polar surface area (TPSA) is 102 Å². The van der Waals surface area contributed by atoms with Gasteiger partial charge in [0, 0.05) is 31.4 Å². The number of carbonyl (C=O) groups excluding carboxylic acids is 2. The number of hydrogen-bond acceptors (Lipinski definition) is 6. The van der Waals surface area contributed by atoms with Gasteiger partial charge in [0.1, 0.15) is 13.2 Å². The van der Waals surface area contributed by atoms with E-state index >= 15 is 0 Å². The molecular weight excluding hydrogens is 348 g/mol. The summed E-state index contributed by atoms with van der Waals surface area (Å²) in [6.45, 7) is 4.19. The number of sulfonamides is 1. The third kappa shape index (κ3) is 3.46. The monoisotopic (exact) mass is 370 g/mol. The molecular formula is C15H22N4O5S. The molecule has 0 radical (unpaired) electrons. The summed E-state index contributed by atoms with van der Waals surface area (Å²) in [6, 6.07) is -0.149. The molecule has 0 saturated carbocycles. The predicted molar refractivity (Wildman–Crippen MR) is 87.1 cm³/mol. The second-order valence-corrected chi connectivity index (χ2v) is 8.42. The zero-order valence-electron chi connectivity index (χ0n) is 14.3. The zero-order valence-corrected chi connectivity index (χ0v) is 15.1. The Bertz CT molecular complexity index is 749. The number of imide groups is 1. The molecule has 2 aliphatic rings. The van der Waals surface area contributed by atoms with Crippen LogP contribution in [-0.4, -0.2) is 71.3 Å². The summed E-state index contributed by atoms with van der Waals surface area (Å²) in [7, 11) is -3.67. The smallest absolute Gasteiger partial charge is 0.262 e. The van der Waals surface area contributed by atoms with Crippen molar-refractivity contribution in [2.75, 3.05) is 26.3 Å². The summed E-state index contributed by atoms with van der Waals surface area (Å²) in [5.41, 5.74) is 0. The van der Waals surface area contributed by atoms with Gasteiger partial charge in [-0.1, -0.05) is 0 Å². The third-order valence-corrected chi connectivity index (χ3v) is 6.34. The summed E-state index contributed by atoms with van der Waals surface area (Å²) in [4.78, 5) is 29.1. The Hall–Kier alpha value is -1.78. The van der Waals surface area contributed by atoms with E-state index in [-0.39, 0.29) is 55.2 Å². The molecule has 0 aliphatic carbocycles. The summed E-state index contributed by atoms with van der Waals surface area (Å²) < 4.78 is 33.5. The van der Waals surface area contributed by atoms with Crippen LogP contribution in [0, 0.1) is 0 Å². The number of nitrogens with zero attached hydrogens (tertiary/aromatic N) is 4. The van der Waals surface area contributed by atoms with Crippen LogP contribution in [0.4, 0.5) is 0 Å². The number of aromatic nitrogens is 2. The number of rotatable bonds is 4. The van der Waals surface area contributed by atoms with Crippen LogP contribution in [0.3, 0.4) is 0 Å². The number of piperidine rings is 1. The highest BCUT2D eigenvalue weighted by molar-refractivity contribution is 7.89. The molecule has 0 atom stereocenters. The van der Waals surface area contributed by atoms with Crippen molar-refractivity contribution in [2.24, 2.45) is 0 Å². The van der Waals surface area contributed by atoms with E-state index in [1.54, 1.807) is 4.57 Å². The van der Waals surface area contributed by atoms with E-state index in [1.165, 1.54) is 21.7 Å². The quantitative estimate of drug-likeness (QED) is 0.692. The van der Waals surface area contributed by atoms with Gasteiger partial charge < -0.3 is 9.30 Å². The van der Waals surface area contributed by atoms with E-state index in [9.17, 15) is 18.0 Å². The minimum Gasteiger partial charge on any atom is -0.362 e. The number of morpholine rings is 1. The first-order valence-electron chi connectivity index (χ1n) is 8.27. The average Bonchev–Trinajstić information content (AvgIpc) is 3.06. The standard InChI is InChI=1S/C15H22N4O5S/c1-11(2)17-7-13(16-10-17)25(22,23)18-5-3-12(4-6-18)19-14(20)8-24-9-15(19)21/h7,10-12H,3-6,8-9H2,1-2H3. The average molecular weight is 370 g/mol. The van der Waals surface area contributed by atoms with Gasteiger partial charge in [0.25, 0.3) is 21.8 Å². The van der Waals surface area contributed by atoms with Crippen LogP contribution in [-0.2, 0) is 24.3 Å². The molecule has 138 valence electrons. The second kappa shape index (κ2) is 6.85. The van der Waals surface area contributed by atoms with Gasteiger partial charge in [-0.3, -0.25) is 14.5 Å². The SMILES string of the molecule is CC(C)n1cnc(S(=O)(=O)N2CCC(N3C(=O)COCC3=O)CC2)c1. The van der Waals surface area contributed by atoms with Gasteiger partial charge in [0.2, 0.25) is 0 Å². The number of amides is 2. The van der Waals surface area contributed by atoms with E-state index in [2.05, 4.69) is 4.98 Å². The fraction of sp³-hybridized carbons (Fsp3) is 0.667. The molecule has 2 fully saturated rings. The molecule has 0 bridgehead atoms. The molecule has 1 aromatic rings. The molecule has 3 rings (SSSR count). The van der Waals surface area contributed by atoms with Crippen molar-refractivity contribution >= 4 is 21.8 Å². The highest BCUT2D eigenvalue weighted by Gasteiger charge is 2.38. The normalized spacial score (nSPS) is 21.3. The van der Waals surface area contributed by atoms with Crippen molar-refractivity contribution in [2.45, 2.75) is 43.8 Å². The first-order valence-corrected chi connectivity index (χ1v) is 9.71. The van der Waals surface area contributed by atoms with E-state index < -0.39 is 10.0 Å². The van der Waals surface area contributed by atoms with Gasteiger partial charge in [0.05, 0.1) is 6.33 Å². The van der Waals surface area contributed by atoms with Crippen molar-refractivity contribution in [3.63, 3.8) is 0 Å². The number of ether oxygens (including phenoxy) is 1. The Labute approximate surface area is 146 Å². The first kappa shape index (κ1) is 18.0. The maximum Gasteiger partial charge on any atom is 0.262 e. The van der Waals surface area contributed by atoms with E-state index in [0.717, 1.165) is 0 Å². The molecule has 0 N–H and O–H groups in total. The van der Waals surface area contributed by atoms with Gasteiger partial charge in [0.15, 0.2) is 5.03 Å². The zero-order chi connectivity index (χ0) is 18.2. The number of carbonyl (C=O) groups is 2. The fourth-order valence-corrected chi connectivity index (χ4v) is 4.51. The summed E-state index contributed by atoms with van der Waals surface area (Å²) in [5.74, 6) is -0.707. The fourth-order valence-electron chi connectivity index (χ4n) is 3.12. The number of hydrogen-bond donors (Lipinski definition) is 0. The lowest BCUT2D eigenvalue weighted by Gasteiger charge is -2.38. The van der Waals surface area contributed by atoms with E-state index in [1.807, 2.05) is 13.8 Å². The minimum absolute atomic E-state index is 0.0261. The van der Waals surface area contributed by atoms with Gasteiger partial charge in [-0.05, 0) is 26.7 Å². The van der Waals surface area contributed by atoms with Crippen molar-refractivity contribution in [1.29, 1.82) is 0 Å². The van der Waals surface area contributed by atoms with Crippen LogP contribution < -0.4 is 0 Å². The van der Waals surface area contributed by atoms with Crippen molar-refractivity contribution in [1.82, 2.24) is 18.8 Å². The largest absolute Gasteiger partial charge is 0.362 e. The van der Waals surface area contributed by atoms with Crippen molar-refractivity contribution < 1.29 is 22.7 Å². The Morgan fingerprint density at radius 3 is 2.28 bits per heavy atom. The summed E-state index contributed by atoms with van der Waals surface area (Å²) in [6.07, 6.45) is 3.87. The highest BCUT2D eigenvalue weighted by Crippen LogP contribution is 2.24. The molecule has 25 heavy (non-hydrogen) atoms. The van der Waals surface area contributed by atoms with Crippen LogP contribution in [0.15, 0.2) is 17.6 Å². The minimum atomic E-state index is -3.67. The van der Waals surface area contributed by atoms with Gasteiger partial charge in [-0.2, -0.15) is 4.31 Å². The van der Waals surface area contributed by atoms with E-state index in [0.29, 0.717) is 12.8 Å². The van der Waals surface area contributed by atoms with Crippen LogP contribution >= 0.6 is 0 Å². The summed E-state index contributed by atoms with van der Waals surface area (Å²) in [5, 5.41) is 0.0261. The lowest BCUT2D eigenvalue weighted by Crippen LogP contribution is -2.55. The number of imidazole rings is 1. The maximum atomic E-state index is 12.7. The first-order chi connectivity index (χ1) is 11.8. The lowest BCUT2D eigenvalue weighted by atomic mass is 10.0. The highest BCUT2D eigenvalue weighted by atomic mass is 32.2. The van der Waals surface area contributed by atoms with Crippen LogP contribution in [0.1, 0.15) is 32.7 Å². The van der Waals surface area contributed by atoms with Crippen LogP contribution in [0.25, 0.3) is 0 Å². The van der Waals surface area contributed by atoms with Gasteiger partial charge in [-0.25, -0.2) is 13.4 Å². The molecule has 10 heteroatoms. The summed E-state index contributed by atoms with van der Waals surface area (Å²) >= 11 is 0. The molecule has 3 heterocycles. The molecule has 2 saturated heterocycles. The molecule has 2 aliphatic heterocycles. The third-order valence-electron chi connectivity index (χ3n) is 4.56. The van der Waals surface area contributed by atoms with Crippen LogP contribution in [0.5, 0.6) is 0 Å². The van der Waals surface area contributed by atoms with Crippen molar-refractivity contribution in [3.05, 3.63) is 12.5 Å². The molecule has 0 aromatic carbocycles.